The number of ketones is 2. The highest BCUT2D eigenvalue weighted by Gasteiger charge is 2.75. The van der Waals surface area contributed by atoms with Gasteiger partial charge in [-0.2, -0.15) is 0 Å². The van der Waals surface area contributed by atoms with Crippen LogP contribution in [0.3, 0.4) is 0 Å². The van der Waals surface area contributed by atoms with E-state index in [-0.39, 0.29) is 46.7 Å². The number of allylic oxidation sites excluding steroid dienone is 4. The first-order valence-corrected chi connectivity index (χ1v) is 18.2. The van der Waals surface area contributed by atoms with E-state index >= 15 is 0 Å². The maximum atomic E-state index is 15.0. The molecule has 1 aliphatic heterocycles. The van der Waals surface area contributed by atoms with Gasteiger partial charge in [0.05, 0.1) is 22.9 Å². The SMILES string of the molecule is CO[C@H]1CC2(C)C(C[C@H]3N[C@@H](C4CCCCC4)O[C@]32C(=O)CSc2nc3ccccc3n2C)C2CCC3=CC(=O)C=CC3(C)C21. The number of ether oxygens (including phenoxy) is 2. The molecule has 240 valence electrons. The van der Waals surface area contributed by atoms with Crippen LogP contribution in [0.2, 0.25) is 0 Å². The van der Waals surface area contributed by atoms with Crippen LogP contribution in [0.15, 0.2) is 53.2 Å². The Morgan fingerprint density at radius 1 is 1.18 bits per heavy atom. The lowest BCUT2D eigenvalue weighted by molar-refractivity contribution is -0.198. The van der Waals surface area contributed by atoms with Crippen molar-refractivity contribution >= 4 is 34.4 Å². The molecule has 9 atom stereocenters. The second kappa shape index (κ2) is 10.9. The number of methoxy groups -OCH3 is 1. The minimum absolute atomic E-state index is 0.0163. The summed E-state index contributed by atoms with van der Waals surface area (Å²) in [5.41, 5.74) is 1.79. The van der Waals surface area contributed by atoms with E-state index in [1.54, 1.807) is 17.8 Å². The zero-order valence-electron chi connectivity index (χ0n) is 27.1. The molecule has 1 aromatic carbocycles. The Hall–Kier alpha value is -2.26. The van der Waals surface area contributed by atoms with Crippen LogP contribution in [-0.4, -0.2) is 58.0 Å². The Balaban J connectivity index is 1.15. The molecule has 0 radical (unpaired) electrons. The van der Waals surface area contributed by atoms with Gasteiger partial charge in [-0.1, -0.05) is 68.7 Å². The van der Waals surface area contributed by atoms with E-state index in [2.05, 4.69) is 35.9 Å². The number of Topliss-reactive ketones (excluding diaryl/α,β-unsaturated/α-hetero) is 1. The minimum Gasteiger partial charge on any atom is -0.381 e. The van der Waals surface area contributed by atoms with Crippen LogP contribution in [0, 0.1) is 34.5 Å². The number of hydrogen-bond donors (Lipinski definition) is 1. The molecular weight excluding hydrogens is 582 g/mol. The normalized spacial score (nSPS) is 41.0. The van der Waals surface area contributed by atoms with E-state index < -0.39 is 5.60 Å². The van der Waals surface area contributed by atoms with E-state index in [4.69, 9.17) is 14.5 Å². The van der Waals surface area contributed by atoms with Gasteiger partial charge in [-0.25, -0.2) is 4.98 Å². The van der Waals surface area contributed by atoms with Crippen molar-refractivity contribution in [2.45, 2.75) is 101 Å². The van der Waals surface area contributed by atoms with Gasteiger partial charge in [0.1, 0.15) is 11.8 Å². The molecule has 0 bridgehead atoms. The van der Waals surface area contributed by atoms with Crippen LogP contribution < -0.4 is 5.32 Å². The highest BCUT2D eigenvalue weighted by molar-refractivity contribution is 7.99. The first kappa shape index (κ1) is 30.1. The lowest BCUT2D eigenvalue weighted by Crippen LogP contribution is -2.64. The summed E-state index contributed by atoms with van der Waals surface area (Å²) >= 11 is 1.54. The number of carbonyl (C=O) groups is 2. The van der Waals surface area contributed by atoms with Crippen LogP contribution in [0.4, 0.5) is 0 Å². The van der Waals surface area contributed by atoms with E-state index in [1.807, 2.05) is 38.4 Å². The zero-order valence-corrected chi connectivity index (χ0v) is 27.9. The number of hydrogen-bond acceptors (Lipinski definition) is 7. The molecule has 5 unspecified atom stereocenters. The maximum Gasteiger partial charge on any atom is 0.178 e. The summed E-state index contributed by atoms with van der Waals surface area (Å²) in [5.74, 6) is 2.04. The number of aromatic nitrogens is 2. The van der Waals surface area contributed by atoms with E-state index in [0.29, 0.717) is 23.5 Å². The summed E-state index contributed by atoms with van der Waals surface area (Å²) in [6.07, 6.45) is 15.4. The van der Waals surface area contributed by atoms with E-state index in [1.165, 1.54) is 24.8 Å². The number of para-hydroxylation sites is 2. The largest absolute Gasteiger partial charge is 0.381 e. The van der Waals surface area contributed by atoms with Crippen LogP contribution in [0.25, 0.3) is 11.0 Å². The summed E-state index contributed by atoms with van der Waals surface area (Å²) < 4.78 is 15.8. The third kappa shape index (κ3) is 4.31. The monoisotopic (exact) mass is 629 g/mol. The number of rotatable bonds is 6. The van der Waals surface area contributed by atoms with Crippen molar-refractivity contribution in [2.24, 2.45) is 41.5 Å². The maximum absolute atomic E-state index is 15.0. The van der Waals surface area contributed by atoms with Gasteiger partial charge < -0.3 is 14.0 Å². The second-order valence-electron chi connectivity index (χ2n) is 15.2. The van der Waals surface area contributed by atoms with Gasteiger partial charge in [0.25, 0.3) is 0 Å². The van der Waals surface area contributed by atoms with Crippen molar-refractivity contribution < 1.29 is 19.1 Å². The molecule has 1 aromatic heterocycles. The Morgan fingerprint density at radius 3 is 2.76 bits per heavy atom. The zero-order chi connectivity index (χ0) is 31.1. The molecule has 2 aromatic rings. The Bertz CT molecular complexity index is 1590. The smallest absolute Gasteiger partial charge is 0.178 e. The van der Waals surface area contributed by atoms with Crippen molar-refractivity contribution in [3.8, 4) is 0 Å². The van der Waals surface area contributed by atoms with Crippen LogP contribution in [0.5, 0.6) is 0 Å². The topological polar surface area (TPSA) is 82.4 Å². The van der Waals surface area contributed by atoms with Crippen molar-refractivity contribution in [3.05, 3.63) is 48.1 Å². The molecule has 8 rings (SSSR count). The summed E-state index contributed by atoms with van der Waals surface area (Å²) in [4.78, 5) is 32.3. The number of aryl methyl sites for hydroxylation is 1. The summed E-state index contributed by atoms with van der Waals surface area (Å²) in [6.45, 7) is 4.67. The quantitative estimate of drug-likeness (QED) is 0.370. The molecule has 2 heterocycles. The Labute approximate surface area is 271 Å². The number of nitrogens with zero attached hydrogens (tertiary/aromatic N) is 2. The molecule has 6 aliphatic rings. The Morgan fingerprint density at radius 2 is 1.98 bits per heavy atom. The lowest BCUT2D eigenvalue weighted by atomic mass is 9.46. The van der Waals surface area contributed by atoms with Crippen molar-refractivity contribution in [3.63, 3.8) is 0 Å². The first-order chi connectivity index (χ1) is 21.7. The fourth-order valence-electron chi connectivity index (χ4n) is 11.1. The standard InChI is InChI=1S/C37H47N3O4S/c1-35-17-16-24(41)18-23(35)14-15-25-26-19-30-37(36(26,2)20-29(43-4)32(25)35,44-33(39-30)22-10-6-5-7-11-22)31(42)21-45-34-38-27-12-8-9-13-28(27)40(34)3/h8-9,12-13,16-18,22,25-26,29-30,32-33,39H,5-7,10-11,14-15,19-21H2,1-4H3/t25?,26?,29-,30+,32?,33+,35?,36?,37-/m0/s1. The van der Waals surface area contributed by atoms with Crippen LogP contribution in [0.1, 0.15) is 71.6 Å². The van der Waals surface area contributed by atoms with Crippen LogP contribution >= 0.6 is 11.8 Å². The predicted octanol–water partition coefficient (Wildman–Crippen LogP) is 6.41. The molecule has 0 spiro atoms. The van der Waals surface area contributed by atoms with Gasteiger partial charge in [0.2, 0.25) is 0 Å². The number of fused-ring (bicyclic) bond motifs is 8. The van der Waals surface area contributed by atoms with E-state index in [9.17, 15) is 9.59 Å². The van der Waals surface area contributed by atoms with Gasteiger partial charge in [-0.3, -0.25) is 14.9 Å². The number of nitrogens with one attached hydrogen (secondary N) is 1. The van der Waals surface area contributed by atoms with E-state index in [0.717, 1.165) is 54.7 Å². The summed E-state index contributed by atoms with van der Waals surface area (Å²) in [7, 11) is 3.87. The summed E-state index contributed by atoms with van der Waals surface area (Å²) in [5, 5.41) is 4.84. The average Bonchev–Trinajstić information content (AvgIpc) is 3.67. The fraction of sp³-hybridized carbons (Fsp3) is 0.649. The molecule has 5 fully saturated rings. The minimum atomic E-state index is -0.908. The average molecular weight is 630 g/mol. The fourth-order valence-corrected chi connectivity index (χ4v) is 12.0. The van der Waals surface area contributed by atoms with Crippen molar-refractivity contribution in [1.29, 1.82) is 0 Å². The molecule has 0 amide bonds. The molecule has 1 saturated heterocycles. The highest BCUT2D eigenvalue weighted by Crippen LogP contribution is 2.69. The Kier molecular flexibility index (Phi) is 7.29. The highest BCUT2D eigenvalue weighted by atomic mass is 32.2. The molecule has 8 heteroatoms. The summed E-state index contributed by atoms with van der Waals surface area (Å²) in [6, 6.07) is 8.14. The molecule has 45 heavy (non-hydrogen) atoms. The van der Waals surface area contributed by atoms with Gasteiger partial charge in [0, 0.05) is 36.9 Å². The van der Waals surface area contributed by atoms with Gasteiger partial charge in [0.15, 0.2) is 16.7 Å². The van der Waals surface area contributed by atoms with Crippen molar-refractivity contribution in [1.82, 2.24) is 14.9 Å². The predicted molar refractivity (Wildman–Crippen MR) is 176 cm³/mol. The van der Waals surface area contributed by atoms with Gasteiger partial charge in [-0.05, 0) is 80.6 Å². The number of carbonyl (C=O) groups excluding carboxylic acids is 2. The molecule has 7 nitrogen and oxygen atoms in total. The molecule has 1 N–H and O–H groups in total. The molecule has 4 saturated carbocycles. The molecular formula is C37H47N3O4S. The third-order valence-electron chi connectivity index (χ3n) is 13.2. The van der Waals surface area contributed by atoms with Crippen LogP contribution in [-0.2, 0) is 26.1 Å². The number of imidazole rings is 1. The first-order valence-electron chi connectivity index (χ1n) is 17.2. The third-order valence-corrected chi connectivity index (χ3v) is 14.3. The van der Waals surface area contributed by atoms with Crippen molar-refractivity contribution in [2.75, 3.05) is 12.9 Å². The number of thioether (sulfide) groups is 1. The van der Waals surface area contributed by atoms with Gasteiger partial charge in [-0.15, -0.1) is 0 Å². The second-order valence-corrected chi connectivity index (χ2v) is 16.1. The molecule has 5 aliphatic carbocycles. The number of benzene rings is 1. The van der Waals surface area contributed by atoms with Gasteiger partial charge >= 0.3 is 0 Å². The lowest BCUT2D eigenvalue weighted by Gasteiger charge is -2.60.